The van der Waals surface area contributed by atoms with E-state index in [1.54, 1.807) is 0 Å². The summed E-state index contributed by atoms with van der Waals surface area (Å²) in [5.74, 6) is 0.484. The third-order valence-electron chi connectivity index (χ3n) is 2.16. The molecule has 0 aliphatic carbocycles. The summed E-state index contributed by atoms with van der Waals surface area (Å²) in [7, 11) is 1.85. The lowest BCUT2D eigenvalue weighted by molar-refractivity contribution is 0.100. The Balaban J connectivity index is 2.79. The van der Waals surface area contributed by atoms with E-state index in [-0.39, 0.29) is 5.78 Å². The van der Waals surface area contributed by atoms with Crippen LogP contribution in [0.1, 0.15) is 17.5 Å². The van der Waals surface area contributed by atoms with Gasteiger partial charge in [0.1, 0.15) is 0 Å². The maximum Gasteiger partial charge on any atom is 0.195 e. The molecule has 72 valence electrons. The van der Waals surface area contributed by atoms with Crippen molar-refractivity contribution in [3.05, 3.63) is 28.5 Å². The monoisotopic (exact) mass is 252 g/mol. The molecule has 0 amide bonds. The van der Waals surface area contributed by atoms with Crippen LogP contribution in [0.2, 0.25) is 0 Å². The standard InChI is InChI=1S/C10H9BrN2O/c1-6(14)10-12-8-5-7(11)3-4-9(8)13(10)2/h3-5H,1-2H3. The second-order valence-corrected chi connectivity index (χ2v) is 4.10. The molecular formula is C10H9BrN2O. The van der Waals surface area contributed by atoms with Gasteiger partial charge in [-0.2, -0.15) is 0 Å². The van der Waals surface area contributed by atoms with Crippen molar-refractivity contribution in [3.63, 3.8) is 0 Å². The van der Waals surface area contributed by atoms with Crippen molar-refractivity contribution in [2.24, 2.45) is 7.05 Å². The van der Waals surface area contributed by atoms with Gasteiger partial charge in [0.05, 0.1) is 11.0 Å². The predicted octanol–water partition coefficient (Wildman–Crippen LogP) is 2.54. The van der Waals surface area contributed by atoms with Crippen LogP contribution >= 0.6 is 15.9 Å². The highest BCUT2D eigenvalue weighted by Crippen LogP contribution is 2.19. The molecule has 1 aromatic heterocycles. The number of Topliss-reactive ketones (excluding diaryl/α,β-unsaturated/α-hetero) is 1. The molecule has 2 rings (SSSR count). The first-order chi connectivity index (χ1) is 6.59. The topological polar surface area (TPSA) is 34.9 Å². The van der Waals surface area contributed by atoms with Gasteiger partial charge in [-0.3, -0.25) is 4.79 Å². The first kappa shape index (κ1) is 9.40. The maximum absolute atomic E-state index is 11.2. The summed E-state index contributed by atoms with van der Waals surface area (Å²) >= 11 is 3.37. The van der Waals surface area contributed by atoms with Crippen LogP contribution in [0.15, 0.2) is 22.7 Å². The zero-order valence-corrected chi connectivity index (χ0v) is 9.50. The van der Waals surface area contributed by atoms with Gasteiger partial charge in [-0.05, 0) is 18.2 Å². The number of aromatic nitrogens is 2. The molecule has 0 N–H and O–H groups in total. The van der Waals surface area contributed by atoms with Crippen molar-refractivity contribution < 1.29 is 4.79 Å². The highest BCUT2D eigenvalue weighted by molar-refractivity contribution is 9.10. The number of halogens is 1. The Morgan fingerprint density at radius 1 is 1.50 bits per heavy atom. The lowest BCUT2D eigenvalue weighted by atomic mass is 10.3. The van der Waals surface area contributed by atoms with Gasteiger partial charge in [-0.25, -0.2) is 4.98 Å². The van der Waals surface area contributed by atoms with Crippen LogP contribution in [0.3, 0.4) is 0 Å². The minimum Gasteiger partial charge on any atom is -0.325 e. The van der Waals surface area contributed by atoms with E-state index in [0.29, 0.717) is 5.82 Å². The number of hydrogen-bond acceptors (Lipinski definition) is 2. The molecule has 1 aromatic carbocycles. The Hall–Kier alpha value is -1.16. The molecule has 0 radical (unpaired) electrons. The lowest BCUT2D eigenvalue weighted by Crippen LogP contribution is -2.02. The molecule has 3 nitrogen and oxygen atoms in total. The minimum absolute atomic E-state index is 0.0141. The van der Waals surface area contributed by atoms with Crippen LogP contribution in [-0.2, 0) is 7.05 Å². The number of imidazole rings is 1. The zero-order chi connectivity index (χ0) is 10.3. The van der Waals surface area contributed by atoms with Crippen LogP contribution < -0.4 is 0 Å². The minimum atomic E-state index is -0.0141. The van der Waals surface area contributed by atoms with Crippen molar-refractivity contribution in [2.75, 3.05) is 0 Å². The first-order valence-corrected chi connectivity index (χ1v) is 5.02. The summed E-state index contributed by atoms with van der Waals surface area (Å²) in [5, 5.41) is 0. The average molecular weight is 253 g/mol. The third-order valence-corrected chi connectivity index (χ3v) is 2.65. The highest BCUT2D eigenvalue weighted by atomic mass is 79.9. The van der Waals surface area contributed by atoms with Crippen LogP contribution in [-0.4, -0.2) is 15.3 Å². The fraction of sp³-hybridized carbons (Fsp3) is 0.200. The van der Waals surface area contributed by atoms with Crippen LogP contribution in [0.25, 0.3) is 11.0 Å². The number of aryl methyl sites for hydroxylation is 1. The van der Waals surface area contributed by atoms with Crippen molar-refractivity contribution in [2.45, 2.75) is 6.92 Å². The number of nitrogens with zero attached hydrogens (tertiary/aromatic N) is 2. The van der Waals surface area contributed by atoms with Gasteiger partial charge in [0.25, 0.3) is 0 Å². The van der Waals surface area contributed by atoms with E-state index >= 15 is 0 Å². The number of rotatable bonds is 1. The van der Waals surface area contributed by atoms with Gasteiger partial charge in [-0.1, -0.05) is 15.9 Å². The summed E-state index contributed by atoms with van der Waals surface area (Å²) in [4.78, 5) is 15.5. The van der Waals surface area contributed by atoms with E-state index in [0.717, 1.165) is 15.5 Å². The Labute approximate surface area is 89.9 Å². The first-order valence-electron chi connectivity index (χ1n) is 4.22. The highest BCUT2D eigenvalue weighted by Gasteiger charge is 2.10. The Morgan fingerprint density at radius 3 is 2.86 bits per heavy atom. The summed E-state index contributed by atoms with van der Waals surface area (Å²) in [6.45, 7) is 1.52. The molecule has 0 unspecified atom stereocenters. The van der Waals surface area contributed by atoms with Crippen molar-refractivity contribution >= 4 is 32.7 Å². The number of hydrogen-bond donors (Lipinski definition) is 0. The predicted molar refractivity (Wildman–Crippen MR) is 58.4 cm³/mol. The Bertz CT molecular complexity index is 516. The number of ketones is 1. The normalized spacial score (nSPS) is 10.8. The third kappa shape index (κ3) is 1.35. The second kappa shape index (κ2) is 3.20. The van der Waals surface area contributed by atoms with Crippen LogP contribution in [0.4, 0.5) is 0 Å². The second-order valence-electron chi connectivity index (χ2n) is 3.18. The molecule has 0 saturated heterocycles. The van der Waals surface area contributed by atoms with E-state index in [1.807, 2.05) is 29.8 Å². The summed E-state index contributed by atoms with van der Waals surface area (Å²) in [5.41, 5.74) is 1.81. The maximum atomic E-state index is 11.2. The van der Waals surface area contributed by atoms with Gasteiger partial charge in [0.15, 0.2) is 11.6 Å². The fourth-order valence-electron chi connectivity index (χ4n) is 1.49. The van der Waals surface area contributed by atoms with Crippen LogP contribution in [0.5, 0.6) is 0 Å². The van der Waals surface area contributed by atoms with Gasteiger partial charge in [-0.15, -0.1) is 0 Å². The quantitative estimate of drug-likeness (QED) is 0.732. The van der Waals surface area contributed by atoms with Crippen LogP contribution in [0, 0.1) is 0 Å². The summed E-state index contributed by atoms with van der Waals surface area (Å²) < 4.78 is 2.78. The molecule has 0 atom stereocenters. The SMILES string of the molecule is CC(=O)c1nc2cc(Br)ccc2n1C. The van der Waals surface area contributed by atoms with Gasteiger partial charge in [0.2, 0.25) is 0 Å². The number of carbonyl (C=O) groups is 1. The molecule has 0 saturated carbocycles. The number of benzene rings is 1. The van der Waals surface area contributed by atoms with E-state index in [9.17, 15) is 4.79 Å². The molecule has 14 heavy (non-hydrogen) atoms. The molecule has 0 fully saturated rings. The van der Waals surface area contributed by atoms with Gasteiger partial charge >= 0.3 is 0 Å². The smallest absolute Gasteiger partial charge is 0.195 e. The summed E-state index contributed by atoms with van der Waals surface area (Å²) in [6, 6.07) is 5.79. The van der Waals surface area contributed by atoms with E-state index in [2.05, 4.69) is 20.9 Å². The zero-order valence-electron chi connectivity index (χ0n) is 7.91. The number of carbonyl (C=O) groups excluding carboxylic acids is 1. The largest absolute Gasteiger partial charge is 0.325 e. The molecule has 0 aliphatic heterocycles. The van der Waals surface area contributed by atoms with E-state index in [4.69, 9.17) is 0 Å². The molecule has 4 heteroatoms. The van der Waals surface area contributed by atoms with E-state index < -0.39 is 0 Å². The van der Waals surface area contributed by atoms with Gasteiger partial charge < -0.3 is 4.57 Å². The summed E-state index contributed by atoms with van der Waals surface area (Å²) in [6.07, 6.45) is 0. The average Bonchev–Trinajstić information content (AvgIpc) is 2.43. The molecule has 0 spiro atoms. The molecular weight excluding hydrogens is 244 g/mol. The Kier molecular flexibility index (Phi) is 2.15. The fourth-order valence-corrected chi connectivity index (χ4v) is 1.84. The molecule has 1 heterocycles. The Morgan fingerprint density at radius 2 is 2.21 bits per heavy atom. The number of fused-ring (bicyclic) bond motifs is 1. The molecule has 0 aliphatic rings. The van der Waals surface area contributed by atoms with Crippen molar-refractivity contribution in [1.82, 2.24) is 9.55 Å². The van der Waals surface area contributed by atoms with Crippen molar-refractivity contribution in [3.8, 4) is 0 Å². The lowest BCUT2D eigenvalue weighted by Gasteiger charge is -1.96. The van der Waals surface area contributed by atoms with E-state index in [1.165, 1.54) is 6.92 Å². The molecule has 2 aromatic rings. The van der Waals surface area contributed by atoms with Crippen molar-refractivity contribution in [1.29, 1.82) is 0 Å². The van der Waals surface area contributed by atoms with Gasteiger partial charge in [0, 0.05) is 18.4 Å². The molecule has 0 bridgehead atoms.